The standard InChI is InChI=1S/C36H44F2N4O/c1-27(41-25-34(37)38)36(31-17-7-5-15-29(31)30-16-6-8-18-32(30)36)20-10-11-21-39-22-23-40-35(43)33-19-9-12-24-42(33)26-28-13-3-2-4-14-28/h2-8,13-18,33-34,39,41H,1,9-12,19-26H2,(H,40,43). The third-order valence-corrected chi connectivity index (χ3v) is 8.95. The van der Waals surface area contributed by atoms with Gasteiger partial charge in [-0.25, -0.2) is 8.78 Å². The van der Waals surface area contributed by atoms with Crippen molar-refractivity contribution in [3.63, 3.8) is 0 Å². The van der Waals surface area contributed by atoms with E-state index in [4.69, 9.17) is 0 Å². The van der Waals surface area contributed by atoms with Crippen LogP contribution in [0.2, 0.25) is 0 Å². The summed E-state index contributed by atoms with van der Waals surface area (Å²) in [5, 5.41) is 9.59. The maximum Gasteiger partial charge on any atom is 0.255 e. The lowest BCUT2D eigenvalue weighted by Gasteiger charge is -2.35. The number of benzene rings is 3. The number of rotatable bonds is 15. The van der Waals surface area contributed by atoms with Gasteiger partial charge in [0, 0.05) is 25.3 Å². The molecule has 228 valence electrons. The van der Waals surface area contributed by atoms with Crippen LogP contribution in [0.5, 0.6) is 0 Å². The summed E-state index contributed by atoms with van der Waals surface area (Å²) in [6, 6.07) is 26.8. The first kappa shape index (κ1) is 30.9. The number of unbranched alkanes of at least 4 members (excludes halogenated alkanes) is 1. The molecule has 1 amide bonds. The highest BCUT2D eigenvalue weighted by atomic mass is 19.3. The lowest BCUT2D eigenvalue weighted by Crippen LogP contribution is -2.50. The first-order valence-corrected chi connectivity index (χ1v) is 15.7. The number of halogens is 2. The second-order valence-electron chi connectivity index (χ2n) is 11.7. The number of nitrogens with one attached hydrogen (secondary N) is 3. The summed E-state index contributed by atoms with van der Waals surface area (Å²) in [6.45, 7) is 7.75. The van der Waals surface area contributed by atoms with Gasteiger partial charge in [-0.1, -0.05) is 98.3 Å². The molecule has 5 nitrogen and oxygen atoms in total. The number of alkyl halides is 2. The minimum atomic E-state index is -2.45. The van der Waals surface area contributed by atoms with Crippen molar-refractivity contribution in [3.05, 3.63) is 108 Å². The molecule has 7 heteroatoms. The minimum Gasteiger partial charge on any atom is -0.382 e. The van der Waals surface area contributed by atoms with Crippen molar-refractivity contribution in [1.82, 2.24) is 20.9 Å². The zero-order valence-electron chi connectivity index (χ0n) is 25.0. The average Bonchev–Trinajstić information content (AvgIpc) is 3.32. The number of nitrogens with zero attached hydrogens (tertiary/aromatic N) is 1. The third kappa shape index (κ3) is 7.16. The van der Waals surface area contributed by atoms with Gasteiger partial charge in [0.15, 0.2) is 0 Å². The zero-order chi connectivity index (χ0) is 30.1. The molecular weight excluding hydrogens is 542 g/mol. The van der Waals surface area contributed by atoms with E-state index in [0.29, 0.717) is 18.8 Å². The Morgan fingerprint density at radius 3 is 2.23 bits per heavy atom. The van der Waals surface area contributed by atoms with Gasteiger partial charge in [-0.15, -0.1) is 0 Å². The van der Waals surface area contributed by atoms with E-state index in [1.165, 1.54) is 5.56 Å². The number of piperidine rings is 1. The van der Waals surface area contributed by atoms with Crippen LogP contribution in [0.25, 0.3) is 11.1 Å². The molecule has 0 radical (unpaired) electrons. The van der Waals surface area contributed by atoms with Gasteiger partial charge in [0.1, 0.15) is 0 Å². The lowest BCUT2D eigenvalue weighted by molar-refractivity contribution is -0.127. The van der Waals surface area contributed by atoms with Gasteiger partial charge in [-0.05, 0) is 66.6 Å². The Balaban J connectivity index is 1.11. The first-order valence-electron chi connectivity index (χ1n) is 15.7. The van der Waals surface area contributed by atoms with Crippen molar-refractivity contribution in [1.29, 1.82) is 0 Å². The van der Waals surface area contributed by atoms with Crippen molar-refractivity contribution >= 4 is 5.91 Å². The average molecular weight is 587 g/mol. The van der Waals surface area contributed by atoms with E-state index in [1.807, 2.05) is 42.5 Å². The molecule has 3 aromatic carbocycles. The summed E-state index contributed by atoms with van der Waals surface area (Å²) in [7, 11) is 0. The number of likely N-dealkylation sites (tertiary alicyclic amines) is 1. The minimum absolute atomic E-state index is 0.0749. The number of allylic oxidation sites excluding steroid dienone is 1. The second kappa shape index (κ2) is 14.8. The highest BCUT2D eigenvalue weighted by Gasteiger charge is 2.44. The zero-order valence-corrected chi connectivity index (χ0v) is 25.0. The fourth-order valence-corrected chi connectivity index (χ4v) is 6.87. The predicted octanol–water partition coefficient (Wildman–Crippen LogP) is 6.25. The summed E-state index contributed by atoms with van der Waals surface area (Å²) in [6.07, 6.45) is 3.26. The number of hydrogen-bond donors (Lipinski definition) is 3. The fourth-order valence-electron chi connectivity index (χ4n) is 6.87. The van der Waals surface area contributed by atoms with Crippen molar-refractivity contribution < 1.29 is 13.6 Å². The Hall–Kier alpha value is -3.55. The first-order chi connectivity index (χ1) is 21.0. The van der Waals surface area contributed by atoms with Crippen LogP contribution in [0, 0.1) is 0 Å². The molecule has 0 bridgehead atoms. The molecule has 2 aliphatic rings. The topological polar surface area (TPSA) is 56.4 Å². The Kier molecular flexibility index (Phi) is 10.6. The van der Waals surface area contributed by atoms with Gasteiger partial charge in [-0.2, -0.15) is 0 Å². The van der Waals surface area contributed by atoms with Gasteiger partial charge >= 0.3 is 0 Å². The van der Waals surface area contributed by atoms with E-state index in [1.54, 1.807) is 0 Å². The Morgan fingerprint density at radius 1 is 0.860 bits per heavy atom. The summed E-state index contributed by atoms with van der Waals surface area (Å²) in [5.41, 5.74) is 5.86. The number of hydrogen-bond acceptors (Lipinski definition) is 4. The summed E-state index contributed by atoms with van der Waals surface area (Å²) in [4.78, 5) is 15.3. The van der Waals surface area contributed by atoms with Crippen molar-refractivity contribution in [2.45, 2.75) is 63.0 Å². The molecule has 43 heavy (non-hydrogen) atoms. The molecule has 1 aliphatic heterocycles. The SMILES string of the molecule is C=C(NCC(F)F)C1(CCCCNCCNC(=O)C2CCCCN2Cc2ccccc2)c2ccccc2-c2ccccc21. The number of carbonyl (C=O) groups is 1. The summed E-state index contributed by atoms with van der Waals surface area (Å²) >= 11 is 0. The van der Waals surface area contributed by atoms with Crippen LogP contribution in [0.4, 0.5) is 8.78 Å². The Morgan fingerprint density at radius 2 is 1.53 bits per heavy atom. The number of amides is 1. The molecule has 0 spiro atoms. The maximum atomic E-state index is 13.2. The van der Waals surface area contributed by atoms with E-state index in [9.17, 15) is 13.6 Å². The highest BCUT2D eigenvalue weighted by Crippen LogP contribution is 2.54. The largest absolute Gasteiger partial charge is 0.382 e. The van der Waals surface area contributed by atoms with E-state index in [2.05, 4.69) is 63.8 Å². The quantitative estimate of drug-likeness (QED) is 0.184. The second-order valence-corrected chi connectivity index (χ2v) is 11.7. The van der Waals surface area contributed by atoms with Crippen LogP contribution in [0.3, 0.4) is 0 Å². The van der Waals surface area contributed by atoms with Gasteiger partial charge in [0.05, 0.1) is 18.0 Å². The van der Waals surface area contributed by atoms with E-state index >= 15 is 0 Å². The van der Waals surface area contributed by atoms with Gasteiger partial charge < -0.3 is 16.0 Å². The van der Waals surface area contributed by atoms with E-state index in [0.717, 1.165) is 80.4 Å². The summed E-state index contributed by atoms with van der Waals surface area (Å²) < 4.78 is 26.4. The van der Waals surface area contributed by atoms with Gasteiger partial charge in [-0.3, -0.25) is 9.69 Å². The monoisotopic (exact) mass is 586 g/mol. The van der Waals surface area contributed by atoms with Crippen LogP contribution in [-0.4, -0.2) is 56.0 Å². The van der Waals surface area contributed by atoms with Gasteiger partial charge in [0.25, 0.3) is 6.43 Å². The molecule has 0 saturated carbocycles. The maximum absolute atomic E-state index is 13.2. The lowest BCUT2D eigenvalue weighted by atomic mass is 9.72. The predicted molar refractivity (Wildman–Crippen MR) is 170 cm³/mol. The van der Waals surface area contributed by atoms with E-state index in [-0.39, 0.29) is 11.9 Å². The molecule has 1 heterocycles. The molecule has 1 fully saturated rings. The molecule has 3 aromatic rings. The van der Waals surface area contributed by atoms with Crippen LogP contribution >= 0.6 is 0 Å². The molecular formula is C36H44F2N4O. The van der Waals surface area contributed by atoms with Crippen LogP contribution < -0.4 is 16.0 Å². The highest BCUT2D eigenvalue weighted by molar-refractivity contribution is 5.83. The molecule has 1 saturated heterocycles. The van der Waals surface area contributed by atoms with Crippen molar-refractivity contribution in [3.8, 4) is 11.1 Å². The number of fused-ring (bicyclic) bond motifs is 3. The normalized spacial score (nSPS) is 17.3. The fraction of sp³-hybridized carbons (Fsp3) is 0.417. The van der Waals surface area contributed by atoms with Gasteiger partial charge in [0.2, 0.25) is 5.91 Å². The van der Waals surface area contributed by atoms with Crippen molar-refractivity contribution in [2.24, 2.45) is 0 Å². The van der Waals surface area contributed by atoms with Crippen molar-refractivity contribution in [2.75, 3.05) is 32.7 Å². The molecule has 5 rings (SSSR count). The van der Waals surface area contributed by atoms with Crippen LogP contribution in [0.1, 0.15) is 55.2 Å². The molecule has 3 N–H and O–H groups in total. The van der Waals surface area contributed by atoms with Crippen LogP contribution in [0.15, 0.2) is 91.1 Å². The van der Waals surface area contributed by atoms with E-state index < -0.39 is 18.4 Å². The third-order valence-electron chi connectivity index (χ3n) is 8.95. The molecule has 1 atom stereocenters. The Bertz CT molecular complexity index is 1320. The summed E-state index contributed by atoms with van der Waals surface area (Å²) in [5.74, 6) is 0.118. The Labute approximate surface area is 254 Å². The molecule has 1 aliphatic carbocycles. The van der Waals surface area contributed by atoms with Crippen LogP contribution in [-0.2, 0) is 16.8 Å². The molecule has 0 aromatic heterocycles. The number of carbonyl (C=O) groups excluding carboxylic acids is 1. The smallest absolute Gasteiger partial charge is 0.255 e. The molecule has 1 unspecified atom stereocenters.